The summed E-state index contributed by atoms with van der Waals surface area (Å²) in [5.41, 5.74) is 7.88. The van der Waals surface area contributed by atoms with E-state index >= 15 is 0 Å². The predicted octanol–water partition coefficient (Wildman–Crippen LogP) is 10.3. The van der Waals surface area contributed by atoms with Crippen LogP contribution in [0.2, 0.25) is 0 Å². The number of anilines is 2. The summed E-state index contributed by atoms with van der Waals surface area (Å²) in [5.74, 6) is 0.847. The van der Waals surface area contributed by atoms with Gasteiger partial charge in [0.15, 0.2) is 0 Å². The van der Waals surface area contributed by atoms with Crippen molar-refractivity contribution in [2.24, 2.45) is 0 Å². The fourth-order valence-electron chi connectivity index (χ4n) is 6.37. The van der Waals surface area contributed by atoms with Crippen molar-refractivity contribution in [1.29, 1.82) is 0 Å². The van der Waals surface area contributed by atoms with Gasteiger partial charge in [-0.05, 0) is 49.9 Å². The highest BCUT2D eigenvalue weighted by molar-refractivity contribution is 6.09. The Balaban J connectivity index is 1.00. The van der Waals surface area contributed by atoms with Gasteiger partial charge in [-0.25, -0.2) is 9.97 Å². The fraction of sp³-hybridized carbons (Fsp3) is 0.333. The van der Waals surface area contributed by atoms with Crippen molar-refractivity contribution in [3.8, 4) is 5.75 Å². The van der Waals surface area contributed by atoms with Crippen molar-refractivity contribution in [2.75, 3.05) is 30.3 Å². The number of aromatic nitrogens is 2. The van der Waals surface area contributed by atoms with Crippen LogP contribution in [0.1, 0.15) is 64.4 Å². The topological polar surface area (TPSA) is 59.1 Å². The molecule has 226 valence electrons. The number of nitrogens with one attached hydrogen (secondary N) is 2. The van der Waals surface area contributed by atoms with Gasteiger partial charge in [0.25, 0.3) is 0 Å². The molecule has 6 aromatic rings. The minimum atomic E-state index is 0.629. The molecule has 0 aliphatic carbocycles. The average Bonchev–Trinajstić information content (AvgIpc) is 3.05. The Labute approximate surface area is 261 Å². The summed E-state index contributed by atoms with van der Waals surface area (Å²) in [6.07, 6.45) is 9.49. The van der Waals surface area contributed by atoms with E-state index in [1.165, 1.54) is 54.1 Å². The molecule has 0 unspecified atom stereocenters. The van der Waals surface area contributed by atoms with Gasteiger partial charge in [0.2, 0.25) is 0 Å². The first-order chi connectivity index (χ1) is 21.8. The zero-order chi connectivity index (χ0) is 30.1. The summed E-state index contributed by atoms with van der Waals surface area (Å²) in [7, 11) is 0. The Morgan fingerprint density at radius 2 is 1.07 bits per heavy atom. The molecule has 0 spiro atoms. The maximum absolute atomic E-state index is 5.90. The van der Waals surface area contributed by atoms with Crippen LogP contribution in [0.25, 0.3) is 43.6 Å². The number of nitrogens with zero attached hydrogens (tertiary/aromatic N) is 2. The fourth-order valence-corrected chi connectivity index (χ4v) is 6.37. The van der Waals surface area contributed by atoms with Crippen LogP contribution in [0.15, 0.2) is 84.9 Å². The zero-order valence-electron chi connectivity index (χ0n) is 26.2. The number of para-hydroxylation sites is 4. The zero-order valence-corrected chi connectivity index (χ0v) is 26.2. The van der Waals surface area contributed by atoms with E-state index < -0.39 is 0 Å². The number of hydrogen-bond acceptors (Lipinski definition) is 5. The third-order valence-corrected chi connectivity index (χ3v) is 8.49. The summed E-state index contributed by atoms with van der Waals surface area (Å²) in [4.78, 5) is 9.99. The minimum absolute atomic E-state index is 0.629. The van der Waals surface area contributed by atoms with Crippen LogP contribution in [0.5, 0.6) is 5.75 Å². The quantitative estimate of drug-likeness (QED) is 0.0929. The van der Waals surface area contributed by atoms with Gasteiger partial charge in [0, 0.05) is 34.6 Å². The SMILES string of the molecule is CCCc1cccc2c(NCCCCCCCCNc3c4ccccc4nc4c(OCC)cccc34)c3ccccc3nc12. The molecular formula is C39H44N4O. The number of hydrogen-bond donors (Lipinski definition) is 2. The molecule has 4 aromatic carbocycles. The Hall–Kier alpha value is -4.38. The minimum Gasteiger partial charge on any atom is -0.492 e. The molecule has 0 saturated carbocycles. The molecule has 0 aliphatic heterocycles. The number of benzene rings is 4. The first kappa shape index (κ1) is 29.7. The Morgan fingerprint density at radius 3 is 1.68 bits per heavy atom. The second-order valence-corrected chi connectivity index (χ2v) is 11.6. The van der Waals surface area contributed by atoms with Crippen LogP contribution in [-0.2, 0) is 6.42 Å². The van der Waals surface area contributed by atoms with Crippen LogP contribution < -0.4 is 15.4 Å². The number of pyridine rings is 2. The van der Waals surface area contributed by atoms with Crippen LogP contribution in [0.4, 0.5) is 11.4 Å². The van der Waals surface area contributed by atoms with Gasteiger partial charge in [-0.15, -0.1) is 0 Å². The van der Waals surface area contributed by atoms with Gasteiger partial charge < -0.3 is 15.4 Å². The summed E-state index contributed by atoms with van der Waals surface area (Å²) in [6, 6.07) is 29.8. The van der Waals surface area contributed by atoms with Gasteiger partial charge in [0.05, 0.1) is 34.5 Å². The van der Waals surface area contributed by atoms with Gasteiger partial charge in [-0.1, -0.05) is 106 Å². The van der Waals surface area contributed by atoms with Gasteiger partial charge >= 0.3 is 0 Å². The summed E-state index contributed by atoms with van der Waals surface area (Å²) < 4.78 is 5.90. The molecule has 0 fully saturated rings. The van der Waals surface area contributed by atoms with Gasteiger partial charge in [-0.3, -0.25) is 0 Å². The molecule has 2 heterocycles. The van der Waals surface area contributed by atoms with Crippen molar-refractivity contribution in [3.05, 3.63) is 90.5 Å². The van der Waals surface area contributed by atoms with E-state index in [2.05, 4.69) is 96.4 Å². The predicted molar refractivity (Wildman–Crippen MR) is 188 cm³/mol. The molecule has 44 heavy (non-hydrogen) atoms. The van der Waals surface area contributed by atoms with E-state index in [1.807, 2.05) is 13.0 Å². The van der Waals surface area contributed by atoms with Crippen molar-refractivity contribution in [2.45, 2.75) is 65.2 Å². The Morgan fingerprint density at radius 1 is 0.545 bits per heavy atom. The number of rotatable bonds is 15. The second-order valence-electron chi connectivity index (χ2n) is 11.6. The second kappa shape index (κ2) is 14.4. The van der Waals surface area contributed by atoms with E-state index in [9.17, 15) is 0 Å². The lowest BCUT2D eigenvalue weighted by atomic mass is 10.0. The molecular weight excluding hydrogens is 540 g/mol. The smallest absolute Gasteiger partial charge is 0.145 e. The van der Waals surface area contributed by atoms with Crippen LogP contribution in [0.3, 0.4) is 0 Å². The maximum Gasteiger partial charge on any atom is 0.145 e. The average molecular weight is 585 g/mol. The van der Waals surface area contributed by atoms with Crippen LogP contribution >= 0.6 is 0 Å². The van der Waals surface area contributed by atoms with E-state index in [4.69, 9.17) is 14.7 Å². The Bertz CT molecular complexity index is 1730. The lowest BCUT2D eigenvalue weighted by Gasteiger charge is -2.15. The normalized spacial score (nSPS) is 11.5. The van der Waals surface area contributed by atoms with E-state index in [1.54, 1.807) is 0 Å². The summed E-state index contributed by atoms with van der Waals surface area (Å²) in [6.45, 7) is 6.81. The highest BCUT2D eigenvalue weighted by Gasteiger charge is 2.13. The third-order valence-electron chi connectivity index (χ3n) is 8.49. The van der Waals surface area contributed by atoms with Crippen molar-refractivity contribution in [3.63, 3.8) is 0 Å². The first-order valence-electron chi connectivity index (χ1n) is 16.5. The Kier molecular flexibility index (Phi) is 9.71. The third kappa shape index (κ3) is 6.42. The highest BCUT2D eigenvalue weighted by atomic mass is 16.5. The summed E-state index contributed by atoms with van der Waals surface area (Å²) >= 11 is 0. The molecule has 0 aliphatic rings. The van der Waals surface area contributed by atoms with Gasteiger partial charge in [-0.2, -0.15) is 0 Å². The molecule has 2 N–H and O–H groups in total. The monoisotopic (exact) mass is 584 g/mol. The largest absolute Gasteiger partial charge is 0.492 e. The number of fused-ring (bicyclic) bond motifs is 4. The summed E-state index contributed by atoms with van der Waals surface area (Å²) in [5, 5.41) is 12.3. The molecule has 0 radical (unpaired) electrons. The highest BCUT2D eigenvalue weighted by Crippen LogP contribution is 2.35. The number of aryl methyl sites for hydroxylation is 1. The van der Waals surface area contributed by atoms with Crippen molar-refractivity contribution in [1.82, 2.24) is 9.97 Å². The molecule has 0 atom stereocenters. The van der Waals surface area contributed by atoms with Crippen molar-refractivity contribution < 1.29 is 4.74 Å². The van der Waals surface area contributed by atoms with E-state index in [-0.39, 0.29) is 0 Å². The van der Waals surface area contributed by atoms with Crippen LogP contribution in [-0.4, -0.2) is 29.7 Å². The molecule has 5 nitrogen and oxygen atoms in total. The van der Waals surface area contributed by atoms with E-state index in [0.717, 1.165) is 76.6 Å². The molecule has 0 saturated heterocycles. The molecule has 0 bridgehead atoms. The standard InChI is InChI=1S/C39H44N4O/c1-3-17-28-18-15-21-31-36(28)42-33-23-11-9-19-29(33)37(31)40-26-13-7-5-6-8-14-27-41-38-30-20-10-12-24-34(30)43-39-32(38)22-16-25-35(39)44-4-2/h9-12,15-16,18-25H,3-8,13-14,17,26-27H2,1-2H3,(H,40,42)(H,41,43). The number of ether oxygens (including phenoxy) is 1. The number of unbranched alkanes of at least 4 members (excludes halogenated alkanes) is 5. The molecule has 0 amide bonds. The van der Waals surface area contributed by atoms with Crippen LogP contribution in [0, 0.1) is 0 Å². The first-order valence-corrected chi connectivity index (χ1v) is 16.5. The maximum atomic E-state index is 5.90. The molecule has 6 rings (SSSR count). The van der Waals surface area contributed by atoms with Crippen molar-refractivity contribution >= 4 is 55.0 Å². The van der Waals surface area contributed by atoms with E-state index in [0.29, 0.717) is 6.61 Å². The lowest BCUT2D eigenvalue weighted by Crippen LogP contribution is -2.05. The van der Waals surface area contributed by atoms with Gasteiger partial charge in [0.1, 0.15) is 11.3 Å². The lowest BCUT2D eigenvalue weighted by molar-refractivity contribution is 0.343. The molecule has 5 heteroatoms. The molecule has 2 aromatic heterocycles.